The average molecular weight is 495 g/mol. The first kappa shape index (κ1) is 24.5. The molecule has 3 aliphatic rings. The fraction of sp³-hybridized carbons (Fsp3) is 0.593. The van der Waals surface area contributed by atoms with Crippen molar-refractivity contribution < 1.29 is 19.3 Å². The molecule has 1 aromatic carbocycles. The number of ketones is 1. The second-order valence-electron chi connectivity index (χ2n) is 11.1. The Morgan fingerprint density at radius 3 is 2.44 bits per heavy atom. The number of nitrogens with zero attached hydrogens (tertiary/aromatic N) is 4. The summed E-state index contributed by atoms with van der Waals surface area (Å²) in [4.78, 5) is 53.4. The molecule has 5 rings (SSSR count). The van der Waals surface area contributed by atoms with E-state index in [-0.39, 0.29) is 52.7 Å². The van der Waals surface area contributed by atoms with Gasteiger partial charge in [-0.1, -0.05) is 25.1 Å². The lowest BCUT2D eigenvalue weighted by atomic mass is 9.77. The van der Waals surface area contributed by atoms with E-state index in [9.17, 15) is 24.5 Å². The third kappa shape index (κ3) is 4.40. The number of fused-ring (bicyclic) bond motifs is 1. The molecule has 36 heavy (non-hydrogen) atoms. The molecule has 1 aliphatic carbocycles. The Kier molecular flexibility index (Phi) is 6.34. The fourth-order valence-electron chi connectivity index (χ4n) is 6.71. The lowest BCUT2D eigenvalue weighted by Crippen LogP contribution is -2.45. The maximum Gasteiger partial charge on any atom is 0.270 e. The summed E-state index contributed by atoms with van der Waals surface area (Å²) in [6, 6.07) is 9.93. The van der Waals surface area contributed by atoms with Crippen LogP contribution in [0.2, 0.25) is 0 Å². The van der Waals surface area contributed by atoms with Gasteiger partial charge in [0.15, 0.2) is 0 Å². The van der Waals surface area contributed by atoms with E-state index < -0.39 is 5.92 Å². The summed E-state index contributed by atoms with van der Waals surface area (Å²) >= 11 is 0. The van der Waals surface area contributed by atoms with Gasteiger partial charge in [0, 0.05) is 73.7 Å². The maximum absolute atomic E-state index is 13.3. The van der Waals surface area contributed by atoms with Crippen LogP contribution in [0.15, 0.2) is 30.3 Å². The SMILES string of the molecule is CC1CC(=O)C(CC(=O)N2CCC3(CCN(C(=O)c4cc5ccccc5n4C)CC3)C2)C1C[N+](=O)[O-]. The first-order valence-electron chi connectivity index (χ1n) is 12.9. The summed E-state index contributed by atoms with van der Waals surface area (Å²) in [6.45, 7) is 4.21. The van der Waals surface area contributed by atoms with E-state index in [1.165, 1.54) is 0 Å². The van der Waals surface area contributed by atoms with E-state index in [2.05, 4.69) is 0 Å². The van der Waals surface area contributed by atoms with Crippen molar-refractivity contribution in [3.63, 3.8) is 0 Å². The number of carbonyl (C=O) groups is 3. The van der Waals surface area contributed by atoms with Gasteiger partial charge in [-0.15, -0.1) is 0 Å². The summed E-state index contributed by atoms with van der Waals surface area (Å²) < 4.78 is 1.95. The highest BCUT2D eigenvalue weighted by molar-refractivity contribution is 5.98. The van der Waals surface area contributed by atoms with Gasteiger partial charge < -0.3 is 14.4 Å². The number of rotatable bonds is 5. The molecule has 0 N–H and O–H groups in total. The van der Waals surface area contributed by atoms with Crippen LogP contribution in [0.25, 0.3) is 10.9 Å². The molecule has 192 valence electrons. The van der Waals surface area contributed by atoms with Gasteiger partial charge in [0.1, 0.15) is 11.5 Å². The molecular formula is C27H34N4O5. The van der Waals surface area contributed by atoms with E-state index in [0.29, 0.717) is 38.3 Å². The van der Waals surface area contributed by atoms with Crippen molar-refractivity contribution in [1.82, 2.24) is 14.4 Å². The Balaban J connectivity index is 1.19. The summed E-state index contributed by atoms with van der Waals surface area (Å²) in [7, 11) is 1.92. The quantitative estimate of drug-likeness (QED) is 0.469. The van der Waals surface area contributed by atoms with Crippen LogP contribution in [0.4, 0.5) is 0 Å². The summed E-state index contributed by atoms with van der Waals surface area (Å²) in [5.74, 6) is -1.01. The number of likely N-dealkylation sites (tertiary alicyclic amines) is 2. The number of para-hydroxylation sites is 1. The Morgan fingerprint density at radius 2 is 1.78 bits per heavy atom. The second-order valence-corrected chi connectivity index (χ2v) is 11.1. The van der Waals surface area contributed by atoms with E-state index >= 15 is 0 Å². The Labute approximate surface area is 210 Å². The number of benzene rings is 1. The van der Waals surface area contributed by atoms with E-state index in [1.54, 1.807) is 0 Å². The molecule has 2 aromatic rings. The molecule has 2 aliphatic heterocycles. The number of nitro groups is 1. The van der Waals surface area contributed by atoms with E-state index in [1.807, 2.05) is 58.7 Å². The largest absolute Gasteiger partial charge is 0.342 e. The molecule has 3 heterocycles. The molecule has 3 atom stereocenters. The summed E-state index contributed by atoms with van der Waals surface area (Å²) in [5.41, 5.74) is 1.73. The molecule has 0 radical (unpaired) electrons. The predicted octanol–water partition coefficient (Wildman–Crippen LogP) is 3.14. The van der Waals surface area contributed by atoms with Gasteiger partial charge in [-0.3, -0.25) is 24.5 Å². The second kappa shape index (κ2) is 9.33. The minimum atomic E-state index is -0.547. The normalized spacial score (nSPS) is 25.7. The lowest BCUT2D eigenvalue weighted by molar-refractivity contribution is -0.490. The van der Waals surface area contributed by atoms with Crippen molar-refractivity contribution >= 4 is 28.5 Å². The molecule has 9 nitrogen and oxygen atoms in total. The third-order valence-electron chi connectivity index (χ3n) is 9.01. The van der Waals surface area contributed by atoms with Gasteiger partial charge in [-0.2, -0.15) is 0 Å². The van der Waals surface area contributed by atoms with Crippen molar-refractivity contribution in [2.75, 3.05) is 32.7 Å². The molecule has 2 amide bonds. The van der Waals surface area contributed by atoms with Crippen molar-refractivity contribution in [3.05, 3.63) is 46.1 Å². The lowest BCUT2D eigenvalue weighted by Gasteiger charge is -2.39. The minimum absolute atomic E-state index is 0.00141. The number of piperidine rings is 1. The van der Waals surface area contributed by atoms with E-state index in [4.69, 9.17) is 0 Å². The van der Waals surface area contributed by atoms with Gasteiger partial charge in [0.25, 0.3) is 5.91 Å². The third-order valence-corrected chi connectivity index (χ3v) is 9.01. The van der Waals surface area contributed by atoms with Gasteiger partial charge in [-0.25, -0.2) is 0 Å². The zero-order valence-corrected chi connectivity index (χ0v) is 21.0. The number of aryl methyl sites for hydroxylation is 1. The van der Waals surface area contributed by atoms with Crippen molar-refractivity contribution in [2.24, 2.45) is 30.2 Å². The summed E-state index contributed by atoms with van der Waals surface area (Å²) in [5, 5.41) is 12.1. The molecule has 1 saturated carbocycles. The zero-order valence-electron chi connectivity index (χ0n) is 21.0. The first-order valence-corrected chi connectivity index (χ1v) is 12.9. The number of carbonyl (C=O) groups excluding carboxylic acids is 3. The maximum atomic E-state index is 13.3. The molecule has 9 heteroatoms. The highest BCUT2D eigenvalue weighted by Crippen LogP contribution is 2.42. The number of aromatic nitrogens is 1. The minimum Gasteiger partial charge on any atom is -0.342 e. The van der Waals surface area contributed by atoms with Crippen molar-refractivity contribution in [2.45, 2.75) is 39.0 Å². The number of amides is 2. The molecule has 3 unspecified atom stereocenters. The highest BCUT2D eigenvalue weighted by atomic mass is 16.6. The van der Waals surface area contributed by atoms with Crippen LogP contribution in [0, 0.1) is 33.3 Å². The molecular weight excluding hydrogens is 460 g/mol. The Hall–Kier alpha value is -3.23. The predicted molar refractivity (Wildman–Crippen MR) is 134 cm³/mol. The summed E-state index contributed by atoms with van der Waals surface area (Å²) in [6.07, 6.45) is 2.97. The molecule has 2 saturated heterocycles. The van der Waals surface area contributed by atoms with Crippen LogP contribution in [-0.4, -0.2) is 69.6 Å². The smallest absolute Gasteiger partial charge is 0.270 e. The van der Waals surface area contributed by atoms with Crippen LogP contribution in [0.3, 0.4) is 0 Å². The van der Waals surface area contributed by atoms with E-state index in [0.717, 1.165) is 30.2 Å². The Bertz CT molecular complexity index is 1210. The molecule has 1 spiro atoms. The highest BCUT2D eigenvalue weighted by Gasteiger charge is 2.47. The van der Waals surface area contributed by atoms with Crippen molar-refractivity contribution in [1.29, 1.82) is 0 Å². The van der Waals surface area contributed by atoms with Crippen LogP contribution >= 0.6 is 0 Å². The first-order chi connectivity index (χ1) is 17.2. The zero-order chi connectivity index (χ0) is 25.6. The Morgan fingerprint density at radius 1 is 1.11 bits per heavy atom. The molecule has 3 fully saturated rings. The van der Waals surface area contributed by atoms with Gasteiger partial charge in [-0.05, 0) is 42.7 Å². The molecule has 0 bridgehead atoms. The van der Waals surface area contributed by atoms with Crippen LogP contribution in [0.5, 0.6) is 0 Å². The standard InChI is InChI=1S/C27H34N4O5/c1-18-13-24(32)20(21(18)16-31(35)36)15-25(33)30-12-9-27(17-30)7-10-29(11-8-27)26(34)23-14-19-5-3-4-6-22(19)28(23)2/h3-6,14,18,20-21H,7-13,15-17H2,1-2H3. The molecule has 1 aromatic heterocycles. The number of hydrogen-bond donors (Lipinski definition) is 0. The van der Waals surface area contributed by atoms with Crippen LogP contribution in [-0.2, 0) is 16.6 Å². The average Bonchev–Trinajstić information content (AvgIpc) is 3.49. The van der Waals surface area contributed by atoms with Crippen LogP contribution < -0.4 is 0 Å². The monoisotopic (exact) mass is 494 g/mol. The fourth-order valence-corrected chi connectivity index (χ4v) is 6.71. The van der Waals surface area contributed by atoms with Crippen LogP contribution in [0.1, 0.15) is 49.5 Å². The number of Topliss-reactive ketones (excluding diaryl/α,β-unsaturated/α-hetero) is 1. The topological polar surface area (TPSA) is 106 Å². The van der Waals surface area contributed by atoms with Gasteiger partial charge in [0.2, 0.25) is 12.5 Å². The van der Waals surface area contributed by atoms with Gasteiger partial charge in [0.05, 0.1) is 0 Å². The number of hydrogen-bond acceptors (Lipinski definition) is 5. The van der Waals surface area contributed by atoms with Gasteiger partial charge >= 0.3 is 0 Å². The van der Waals surface area contributed by atoms with Crippen molar-refractivity contribution in [3.8, 4) is 0 Å².